The van der Waals surface area contributed by atoms with Gasteiger partial charge in [0.1, 0.15) is 24.7 Å². The Hall–Kier alpha value is -4.07. The number of para-hydroxylation sites is 2. The molecule has 1 aromatic carbocycles. The van der Waals surface area contributed by atoms with Gasteiger partial charge in [-0.05, 0) is 36.4 Å². The van der Waals surface area contributed by atoms with Gasteiger partial charge in [-0.1, -0.05) is 65.8 Å². The van der Waals surface area contributed by atoms with E-state index in [0.29, 0.717) is 24.7 Å². The van der Waals surface area contributed by atoms with E-state index in [1.807, 2.05) is 77.9 Å². The molecule has 0 saturated heterocycles. The van der Waals surface area contributed by atoms with Crippen molar-refractivity contribution in [1.82, 2.24) is 14.5 Å². The predicted molar refractivity (Wildman–Crippen MR) is 145 cm³/mol. The molecule has 0 atom stereocenters. The van der Waals surface area contributed by atoms with Gasteiger partial charge in [0.05, 0.1) is 11.4 Å². The molecule has 37 heavy (non-hydrogen) atoms. The van der Waals surface area contributed by atoms with Crippen LogP contribution in [0.1, 0.15) is 52.9 Å². The van der Waals surface area contributed by atoms with E-state index in [2.05, 4.69) is 48.2 Å². The van der Waals surface area contributed by atoms with Crippen molar-refractivity contribution in [2.75, 3.05) is 10.6 Å². The number of hydrogen-bond acceptors (Lipinski definition) is 4. The summed E-state index contributed by atoms with van der Waals surface area (Å²) in [5.41, 5.74) is 2.80. The maximum atomic E-state index is 12.4. The molecule has 0 radical (unpaired) electrons. The third-order valence-corrected chi connectivity index (χ3v) is 5.90. The van der Waals surface area contributed by atoms with Crippen molar-refractivity contribution >= 4 is 34.5 Å². The topological polar surface area (TPSA) is 92.8 Å². The van der Waals surface area contributed by atoms with Crippen LogP contribution in [0.5, 0.6) is 0 Å². The lowest BCUT2D eigenvalue weighted by atomic mass is 9.96. The molecule has 3 heterocycles. The fourth-order valence-electron chi connectivity index (χ4n) is 3.73. The highest BCUT2D eigenvalue weighted by Crippen LogP contribution is 2.19. The number of imidazole rings is 1. The molecule has 3 aromatic heterocycles. The van der Waals surface area contributed by atoms with Crippen LogP contribution in [0.15, 0.2) is 67.0 Å². The molecule has 2 N–H and O–H groups in total. The molecular weight excluding hydrogens is 464 g/mol. The van der Waals surface area contributed by atoms with Crippen LogP contribution in [0, 0.1) is 10.8 Å². The van der Waals surface area contributed by atoms with Crippen molar-refractivity contribution in [2.24, 2.45) is 10.8 Å². The first-order chi connectivity index (χ1) is 17.4. The fourth-order valence-corrected chi connectivity index (χ4v) is 3.73. The summed E-state index contributed by atoms with van der Waals surface area (Å²) in [4.78, 5) is 34.1. The highest BCUT2D eigenvalue weighted by atomic mass is 16.2. The van der Waals surface area contributed by atoms with Gasteiger partial charge in [-0.15, -0.1) is 0 Å². The second-order valence-electron chi connectivity index (χ2n) is 11.3. The summed E-state index contributed by atoms with van der Waals surface area (Å²) in [7, 11) is 0. The van der Waals surface area contributed by atoms with Gasteiger partial charge in [-0.3, -0.25) is 9.59 Å². The number of anilines is 2. The minimum atomic E-state index is -0.499. The average Bonchev–Trinajstić information content (AvgIpc) is 3.15. The number of fused-ring (bicyclic) bond motifs is 1. The van der Waals surface area contributed by atoms with Crippen LogP contribution in [0.25, 0.3) is 11.0 Å². The number of carbonyl (C=O) groups is 2. The Kier molecular flexibility index (Phi) is 7.12. The van der Waals surface area contributed by atoms with E-state index in [1.54, 1.807) is 12.1 Å². The minimum absolute atomic E-state index is 0.0742. The summed E-state index contributed by atoms with van der Waals surface area (Å²) in [6, 6.07) is 19.5. The summed E-state index contributed by atoms with van der Waals surface area (Å²) in [5.74, 6) is 0.935. The van der Waals surface area contributed by atoms with Crippen molar-refractivity contribution in [3.63, 3.8) is 0 Å². The molecule has 192 valence electrons. The van der Waals surface area contributed by atoms with E-state index in [-0.39, 0.29) is 11.8 Å². The largest absolute Gasteiger partial charge is 0.310 e. The number of benzene rings is 1. The Morgan fingerprint density at radius 1 is 0.757 bits per heavy atom. The second-order valence-corrected chi connectivity index (χ2v) is 11.3. The minimum Gasteiger partial charge on any atom is -0.310 e. The van der Waals surface area contributed by atoms with Crippen LogP contribution in [-0.2, 0) is 22.7 Å². The predicted octanol–water partition coefficient (Wildman–Crippen LogP) is 4.78. The van der Waals surface area contributed by atoms with E-state index in [9.17, 15) is 9.59 Å². The third-order valence-electron chi connectivity index (χ3n) is 5.90. The number of aromatic nitrogens is 4. The lowest BCUT2D eigenvalue weighted by molar-refractivity contribution is -0.663. The molecule has 0 fully saturated rings. The number of pyridine rings is 2. The number of rotatable bonds is 6. The van der Waals surface area contributed by atoms with E-state index in [4.69, 9.17) is 0 Å². The fraction of sp³-hybridized carbons (Fsp3) is 0.345. The molecule has 2 amide bonds. The quantitative estimate of drug-likeness (QED) is 0.373. The van der Waals surface area contributed by atoms with Crippen LogP contribution in [0.4, 0.5) is 11.6 Å². The molecule has 0 unspecified atom stereocenters. The van der Waals surface area contributed by atoms with E-state index in [1.165, 1.54) is 0 Å². The number of nitrogens with zero attached hydrogens (tertiary/aromatic N) is 4. The SMILES string of the molecule is CC(C)(C)C(=O)Nc1cccc(Cn2c[n+](Cc3cccc(NC(=O)C(C)(C)C)n3)c3ccccc32)n1. The van der Waals surface area contributed by atoms with Crippen molar-refractivity contribution in [3.05, 3.63) is 78.4 Å². The van der Waals surface area contributed by atoms with Gasteiger partial charge in [-0.2, -0.15) is 0 Å². The van der Waals surface area contributed by atoms with Gasteiger partial charge in [0.15, 0.2) is 11.0 Å². The molecule has 4 aromatic rings. The van der Waals surface area contributed by atoms with E-state index < -0.39 is 10.8 Å². The van der Waals surface area contributed by atoms with Crippen LogP contribution in [0.3, 0.4) is 0 Å². The molecular formula is C29H35N6O2+. The Bertz CT molecular complexity index is 1340. The first-order valence-electron chi connectivity index (χ1n) is 12.4. The monoisotopic (exact) mass is 499 g/mol. The number of hydrogen-bond donors (Lipinski definition) is 2. The molecule has 8 heteroatoms. The lowest BCUT2D eigenvalue weighted by Gasteiger charge is -2.17. The molecule has 0 spiro atoms. The summed E-state index contributed by atoms with van der Waals surface area (Å²) in [6.07, 6.45) is 2.05. The normalized spacial score (nSPS) is 11.9. The van der Waals surface area contributed by atoms with Crippen molar-refractivity contribution in [1.29, 1.82) is 0 Å². The highest BCUT2D eigenvalue weighted by Gasteiger charge is 2.23. The zero-order valence-electron chi connectivity index (χ0n) is 22.4. The summed E-state index contributed by atoms with van der Waals surface area (Å²) in [5, 5.41) is 5.82. The van der Waals surface area contributed by atoms with Gasteiger partial charge in [-0.25, -0.2) is 19.1 Å². The van der Waals surface area contributed by atoms with Gasteiger partial charge in [0, 0.05) is 10.8 Å². The summed E-state index contributed by atoms with van der Waals surface area (Å²) >= 11 is 0. The van der Waals surface area contributed by atoms with Crippen LogP contribution < -0.4 is 15.2 Å². The number of nitrogens with one attached hydrogen (secondary N) is 2. The van der Waals surface area contributed by atoms with E-state index in [0.717, 1.165) is 22.4 Å². The Morgan fingerprint density at radius 2 is 1.30 bits per heavy atom. The number of carbonyl (C=O) groups excluding carboxylic acids is 2. The van der Waals surface area contributed by atoms with Crippen LogP contribution in [0.2, 0.25) is 0 Å². The van der Waals surface area contributed by atoms with Crippen molar-refractivity contribution < 1.29 is 14.2 Å². The molecule has 0 aliphatic heterocycles. The Morgan fingerprint density at radius 3 is 1.89 bits per heavy atom. The van der Waals surface area contributed by atoms with E-state index >= 15 is 0 Å². The van der Waals surface area contributed by atoms with Gasteiger partial charge < -0.3 is 10.6 Å². The molecule has 0 saturated carbocycles. The molecule has 8 nitrogen and oxygen atoms in total. The second kappa shape index (κ2) is 10.1. The maximum absolute atomic E-state index is 12.4. The van der Waals surface area contributed by atoms with Gasteiger partial charge in [0.2, 0.25) is 18.1 Å². The van der Waals surface area contributed by atoms with Crippen molar-refractivity contribution in [3.8, 4) is 0 Å². The third kappa shape index (κ3) is 6.39. The van der Waals surface area contributed by atoms with Crippen LogP contribution in [-0.4, -0.2) is 26.3 Å². The van der Waals surface area contributed by atoms with Crippen LogP contribution >= 0.6 is 0 Å². The Labute approximate surface area is 217 Å². The average molecular weight is 500 g/mol. The maximum Gasteiger partial charge on any atom is 0.245 e. The smallest absolute Gasteiger partial charge is 0.245 e. The Balaban J connectivity index is 1.58. The standard InChI is InChI=1S/C29H34N6O2/c1-28(2,3)26(36)32-24-15-9-11-20(30-24)17-34-19-35(23-14-8-7-13-22(23)34)18-21-12-10-16-25(31-21)33-27(37)29(4,5)6/h7-16,19H,17-18H2,1-6H3,(H-,30,31,32,33,36,37)/p+1. The first-order valence-corrected chi connectivity index (χ1v) is 12.4. The first kappa shape index (κ1) is 26.0. The lowest BCUT2D eigenvalue weighted by Crippen LogP contribution is -2.33. The van der Waals surface area contributed by atoms with Gasteiger partial charge >= 0.3 is 0 Å². The zero-order valence-corrected chi connectivity index (χ0v) is 22.4. The van der Waals surface area contributed by atoms with Gasteiger partial charge in [0.25, 0.3) is 0 Å². The number of amides is 2. The molecule has 4 rings (SSSR count). The zero-order chi connectivity index (χ0) is 26.8. The molecule has 0 aliphatic rings. The summed E-state index contributed by atoms with van der Waals surface area (Å²) < 4.78 is 4.27. The molecule has 0 aliphatic carbocycles. The highest BCUT2D eigenvalue weighted by molar-refractivity contribution is 5.94. The van der Waals surface area contributed by atoms with Crippen molar-refractivity contribution in [2.45, 2.75) is 54.6 Å². The molecule has 0 bridgehead atoms. The summed E-state index contributed by atoms with van der Waals surface area (Å²) in [6.45, 7) is 12.3.